The molecule has 0 fully saturated rings. The van der Waals surface area contributed by atoms with Crippen LogP contribution in [0.25, 0.3) is 22.3 Å². The van der Waals surface area contributed by atoms with Gasteiger partial charge in [0.2, 0.25) is 0 Å². The van der Waals surface area contributed by atoms with Crippen molar-refractivity contribution >= 4 is 16.9 Å². The fraction of sp³-hybridized carbons (Fsp3) is 0.559. The van der Waals surface area contributed by atoms with Crippen molar-refractivity contribution in [2.24, 2.45) is 22.8 Å². The zero-order valence-corrected chi connectivity index (χ0v) is 26.3. The number of ether oxygens (including phenoxy) is 2. The average Bonchev–Trinajstić information content (AvgIpc) is 3.34. The number of hydrogen-bond acceptors (Lipinski definition) is 6. The highest BCUT2D eigenvalue weighted by atomic mass is 19.4. The minimum atomic E-state index is -4.65. The molecule has 4 N–H and O–H groups in total. The lowest BCUT2D eigenvalue weighted by molar-refractivity contribution is -0.199. The normalized spacial score (nSPS) is 14.1. The molecule has 238 valence electrons. The minimum Gasteiger partial charge on any atom is -0.493 e. The maximum atomic E-state index is 13.9. The maximum Gasteiger partial charge on any atom is 0.398 e. The van der Waals surface area contributed by atoms with Gasteiger partial charge >= 0.3 is 12.1 Å². The molecule has 0 bridgehead atoms. The van der Waals surface area contributed by atoms with Crippen LogP contribution < -0.4 is 16.2 Å². The molecular weight excluding hydrogens is 557 g/mol. The first-order valence-corrected chi connectivity index (χ1v) is 15.1. The van der Waals surface area contributed by atoms with Gasteiger partial charge in [-0.15, -0.1) is 0 Å². The van der Waals surface area contributed by atoms with Crippen molar-refractivity contribution < 1.29 is 31.9 Å². The second-order valence-electron chi connectivity index (χ2n) is 12.8. The second-order valence-corrected chi connectivity index (χ2v) is 12.8. The number of esters is 1. The molecule has 3 aromatic rings. The van der Waals surface area contributed by atoms with Gasteiger partial charge in [0.1, 0.15) is 36.2 Å². The van der Waals surface area contributed by atoms with E-state index in [1.54, 1.807) is 45.9 Å². The number of unbranched alkanes of at least 4 members (excludes halogenated alkanes) is 2. The van der Waals surface area contributed by atoms with Gasteiger partial charge in [0.15, 0.2) is 0 Å². The summed E-state index contributed by atoms with van der Waals surface area (Å²) < 4.78 is 58.3. The number of alkyl halides is 3. The van der Waals surface area contributed by atoms with Crippen LogP contribution in [-0.4, -0.2) is 36.9 Å². The molecule has 9 heteroatoms. The predicted octanol–water partition coefficient (Wildman–Crippen LogP) is 7.98. The third-order valence-corrected chi connectivity index (χ3v) is 7.91. The first-order valence-electron chi connectivity index (χ1n) is 15.1. The lowest BCUT2D eigenvalue weighted by Crippen LogP contribution is -2.50. The molecule has 0 aliphatic carbocycles. The Balaban J connectivity index is 1.70. The van der Waals surface area contributed by atoms with E-state index in [1.165, 1.54) is 24.0 Å². The van der Waals surface area contributed by atoms with Gasteiger partial charge in [-0.1, -0.05) is 44.9 Å². The van der Waals surface area contributed by atoms with E-state index in [2.05, 4.69) is 32.0 Å². The van der Waals surface area contributed by atoms with Crippen LogP contribution in [0.3, 0.4) is 0 Å². The third kappa shape index (κ3) is 9.47. The standard InChI is InChI=1S/C34H47F3N2O4/c1-7-9-10-11-22-12-15-27(23(8-2)16-22)29-17-24-13-14-26(18-28(24)43-29)41-20-25(34(35,36)37)21-42-31(40)33(5,6)30(38)19-32(3,4)39/h12-18,25,30H,7-11,19-21,38-39H2,1-6H3. The molecule has 2 unspecified atom stereocenters. The summed E-state index contributed by atoms with van der Waals surface area (Å²) in [5, 5.41) is 0.817. The lowest BCUT2D eigenvalue weighted by atomic mass is 9.79. The van der Waals surface area contributed by atoms with Crippen molar-refractivity contribution in [2.75, 3.05) is 13.2 Å². The molecule has 1 aromatic heterocycles. The molecule has 0 radical (unpaired) electrons. The van der Waals surface area contributed by atoms with Crippen LogP contribution in [0, 0.1) is 11.3 Å². The van der Waals surface area contributed by atoms with Crippen LogP contribution in [0.15, 0.2) is 46.9 Å². The average molecular weight is 605 g/mol. The number of fused-ring (bicyclic) bond motifs is 1. The first-order chi connectivity index (χ1) is 20.0. The number of nitrogens with two attached hydrogens (primary N) is 2. The molecule has 2 atom stereocenters. The van der Waals surface area contributed by atoms with Crippen LogP contribution in [0.4, 0.5) is 13.2 Å². The van der Waals surface area contributed by atoms with Gasteiger partial charge in [-0.3, -0.25) is 4.79 Å². The predicted molar refractivity (Wildman–Crippen MR) is 165 cm³/mol. The Hall–Kier alpha value is -3.04. The smallest absolute Gasteiger partial charge is 0.398 e. The minimum absolute atomic E-state index is 0.225. The maximum absolute atomic E-state index is 13.9. The summed E-state index contributed by atoms with van der Waals surface area (Å²) in [5.74, 6) is -1.92. The highest BCUT2D eigenvalue weighted by molar-refractivity contribution is 5.84. The van der Waals surface area contributed by atoms with Crippen molar-refractivity contribution in [2.45, 2.75) is 97.8 Å². The van der Waals surface area contributed by atoms with Gasteiger partial charge in [-0.05, 0) is 82.7 Å². The van der Waals surface area contributed by atoms with Crippen molar-refractivity contribution in [1.29, 1.82) is 0 Å². The molecule has 0 aliphatic heterocycles. The summed E-state index contributed by atoms with van der Waals surface area (Å²) >= 11 is 0. The number of hydrogen-bond donors (Lipinski definition) is 2. The van der Waals surface area contributed by atoms with Crippen LogP contribution in [0.2, 0.25) is 0 Å². The Kier molecular flexibility index (Phi) is 11.3. The zero-order valence-electron chi connectivity index (χ0n) is 26.3. The SMILES string of the molecule is CCCCCc1ccc(-c2cc3ccc(OCC(COC(=O)C(C)(C)C(N)CC(C)(C)N)C(F)(F)F)cc3o2)c(CC)c1. The molecule has 0 saturated carbocycles. The van der Waals surface area contributed by atoms with Crippen molar-refractivity contribution in [3.8, 4) is 17.1 Å². The van der Waals surface area contributed by atoms with Gasteiger partial charge in [-0.2, -0.15) is 13.2 Å². The quantitative estimate of drug-likeness (QED) is 0.135. The van der Waals surface area contributed by atoms with Crippen molar-refractivity contribution in [1.82, 2.24) is 0 Å². The molecule has 1 heterocycles. The van der Waals surface area contributed by atoms with Crippen LogP contribution in [-0.2, 0) is 22.4 Å². The zero-order chi connectivity index (χ0) is 32.0. The van der Waals surface area contributed by atoms with E-state index in [-0.39, 0.29) is 5.75 Å². The van der Waals surface area contributed by atoms with E-state index < -0.39 is 48.3 Å². The summed E-state index contributed by atoms with van der Waals surface area (Å²) in [6.45, 7) is 9.31. The molecule has 0 spiro atoms. The summed E-state index contributed by atoms with van der Waals surface area (Å²) in [6, 6.07) is 12.6. The molecule has 0 amide bonds. The number of furan rings is 1. The number of benzene rings is 2. The monoisotopic (exact) mass is 604 g/mol. The van der Waals surface area contributed by atoms with Gasteiger partial charge in [0, 0.05) is 28.6 Å². The topological polar surface area (TPSA) is 101 Å². The molecule has 2 aromatic carbocycles. The molecule has 3 rings (SSSR count). The molecule has 0 saturated heterocycles. The van der Waals surface area contributed by atoms with E-state index >= 15 is 0 Å². The van der Waals surface area contributed by atoms with Crippen LogP contribution >= 0.6 is 0 Å². The van der Waals surface area contributed by atoms with Gasteiger partial charge < -0.3 is 25.4 Å². The Bertz CT molecular complexity index is 1360. The Morgan fingerprint density at radius 1 is 0.977 bits per heavy atom. The van der Waals surface area contributed by atoms with E-state index in [4.69, 9.17) is 25.4 Å². The van der Waals surface area contributed by atoms with Crippen LogP contribution in [0.1, 0.15) is 78.4 Å². The highest BCUT2D eigenvalue weighted by Gasteiger charge is 2.43. The number of carbonyl (C=O) groups excluding carboxylic acids is 1. The number of aryl methyl sites for hydroxylation is 2. The molecule has 43 heavy (non-hydrogen) atoms. The second kappa shape index (κ2) is 14.2. The highest BCUT2D eigenvalue weighted by Crippen LogP contribution is 2.34. The van der Waals surface area contributed by atoms with Crippen LogP contribution in [0.5, 0.6) is 5.75 Å². The van der Waals surface area contributed by atoms with E-state index in [0.717, 1.165) is 30.2 Å². The fourth-order valence-corrected chi connectivity index (χ4v) is 4.92. The number of halogens is 3. The molecule has 0 aliphatic rings. The molecular formula is C34H47F3N2O4. The first kappa shape index (κ1) is 34.5. The van der Waals surface area contributed by atoms with Gasteiger partial charge in [-0.25, -0.2) is 0 Å². The number of rotatable bonds is 15. The Morgan fingerprint density at radius 3 is 2.33 bits per heavy atom. The number of carbonyl (C=O) groups is 1. The largest absolute Gasteiger partial charge is 0.493 e. The van der Waals surface area contributed by atoms with E-state index in [0.29, 0.717) is 17.8 Å². The van der Waals surface area contributed by atoms with Crippen molar-refractivity contribution in [3.63, 3.8) is 0 Å². The third-order valence-electron chi connectivity index (χ3n) is 7.91. The summed E-state index contributed by atoms with van der Waals surface area (Å²) in [7, 11) is 0. The summed E-state index contributed by atoms with van der Waals surface area (Å²) in [4.78, 5) is 12.7. The van der Waals surface area contributed by atoms with E-state index in [1.807, 2.05) is 6.07 Å². The van der Waals surface area contributed by atoms with E-state index in [9.17, 15) is 18.0 Å². The molecule has 6 nitrogen and oxygen atoms in total. The fourth-order valence-electron chi connectivity index (χ4n) is 4.92. The Labute approximate surface area is 253 Å². The lowest BCUT2D eigenvalue weighted by Gasteiger charge is -2.34. The summed E-state index contributed by atoms with van der Waals surface area (Å²) in [6.07, 6.45) is 1.07. The van der Waals surface area contributed by atoms with Gasteiger partial charge in [0.25, 0.3) is 0 Å². The Morgan fingerprint density at radius 2 is 1.70 bits per heavy atom. The van der Waals surface area contributed by atoms with Gasteiger partial charge in [0.05, 0.1) is 5.41 Å². The van der Waals surface area contributed by atoms with Crippen molar-refractivity contribution in [3.05, 3.63) is 53.6 Å². The summed E-state index contributed by atoms with van der Waals surface area (Å²) in [5.41, 5.74) is 14.3.